The highest BCUT2D eigenvalue weighted by atomic mass is 32.1. The van der Waals surface area contributed by atoms with Crippen LogP contribution in [0.3, 0.4) is 0 Å². The molecule has 3 aliphatic rings. The van der Waals surface area contributed by atoms with Crippen LogP contribution in [0.4, 0.5) is 13.2 Å². The largest absolute Gasteiger partial charge is 0.542 e. The predicted octanol–water partition coefficient (Wildman–Crippen LogP) is 2.57. The van der Waals surface area contributed by atoms with Crippen molar-refractivity contribution in [1.82, 2.24) is 25.5 Å². The number of nitrogens with one attached hydrogen (secondary N) is 3. The Bertz CT molecular complexity index is 1820. The van der Waals surface area contributed by atoms with Gasteiger partial charge < -0.3 is 30.5 Å². The first kappa shape index (κ1) is 40.0. The van der Waals surface area contributed by atoms with E-state index in [0.717, 1.165) is 73.3 Å². The number of fused-ring (bicyclic) bond motifs is 2. The van der Waals surface area contributed by atoms with Crippen LogP contribution in [0.1, 0.15) is 95.9 Å². The molecule has 2 fully saturated rings. The van der Waals surface area contributed by atoms with E-state index in [9.17, 15) is 32.7 Å². The summed E-state index contributed by atoms with van der Waals surface area (Å²) in [5.74, 6) is -3.59. The number of aromatic nitrogens is 2. The van der Waals surface area contributed by atoms with E-state index in [1.807, 2.05) is 24.3 Å². The minimum absolute atomic E-state index is 0.00653. The molecule has 0 unspecified atom stereocenters. The number of carboxylic acids is 2. The van der Waals surface area contributed by atoms with E-state index in [4.69, 9.17) is 19.9 Å². The van der Waals surface area contributed by atoms with Crippen molar-refractivity contribution in [2.75, 3.05) is 33.2 Å². The lowest BCUT2D eigenvalue weighted by Gasteiger charge is -2.34. The van der Waals surface area contributed by atoms with Gasteiger partial charge in [0.1, 0.15) is 35.4 Å². The normalized spacial score (nSPS) is 22.2. The molecule has 2 saturated heterocycles. The van der Waals surface area contributed by atoms with Crippen molar-refractivity contribution < 1.29 is 47.5 Å². The lowest BCUT2D eigenvalue weighted by molar-refractivity contribution is -0.922. The van der Waals surface area contributed by atoms with Crippen LogP contribution in [0.25, 0.3) is 10.3 Å². The van der Waals surface area contributed by atoms with Crippen molar-refractivity contribution in [2.24, 2.45) is 11.3 Å². The second-order valence-corrected chi connectivity index (χ2v) is 16.4. The van der Waals surface area contributed by atoms with Crippen molar-refractivity contribution in [3.63, 3.8) is 0 Å². The Balaban J connectivity index is 0.000000705. The summed E-state index contributed by atoms with van der Waals surface area (Å²) in [4.78, 5) is 61.2. The van der Waals surface area contributed by atoms with E-state index in [1.54, 1.807) is 0 Å². The number of alkyl halides is 3. The summed E-state index contributed by atoms with van der Waals surface area (Å²) >= 11 is 1.32. The van der Waals surface area contributed by atoms with Gasteiger partial charge in [-0.2, -0.15) is 13.2 Å². The number of rotatable bonds is 10. The Morgan fingerprint density at radius 1 is 1.09 bits per heavy atom. The maximum Gasteiger partial charge on any atom is 0.430 e. The summed E-state index contributed by atoms with van der Waals surface area (Å²) in [5.41, 5.74) is 4.75. The fourth-order valence-corrected chi connectivity index (χ4v) is 8.20. The maximum atomic E-state index is 13.8. The third-order valence-electron chi connectivity index (χ3n) is 10.4. The minimum atomic E-state index is -5.19. The van der Waals surface area contributed by atoms with Gasteiger partial charge in [-0.05, 0) is 85.7 Å². The number of carbonyl (C=O) groups excluding carboxylic acids is 3. The number of carboxylic acid groups (broad SMARTS) is 2. The van der Waals surface area contributed by atoms with E-state index < -0.39 is 18.1 Å². The number of carbonyl (C=O) groups is 4. The molecule has 1 aromatic carbocycles. The second kappa shape index (κ2) is 16.5. The Labute approximate surface area is 310 Å². The fourth-order valence-electron chi connectivity index (χ4n) is 7.36. The average Bonchev–Trinajstić information content (AvgIpc) is 3.69. The number of aliphatic carboxylic acids is 2. The lowest BCUT2D eigenvalue weighted by Crippen LogP contribution is -3.19. The van der Waals surface area contributed by atoms with Crippen LogP contribution in [0.2, 0.25) is 0 Å². The second-order valence-electron chi connectivity index (χ2n) is 15.4. The lowest BCUT2D eigenvalue weighted by atomic mass is 9.71. The van der Waals surface area contributed by atoms with Gasteiger partial charge in [0.15, 0.2) is 5.01 Å². The van der Waals surface area contributed by atoms with E-state index in [0.29, 0.717) is 29.5 Å². The molecule has 12 nitrogen and oxygen atoms in total. The topological polar surface area (TPSA) is 169 Å². The molecule has 4 heterocycles. The number of aryl methyl sites for hydroxylation is 1. The summed E-state index contributed by atoms with van der Waals surface area (Å²) in [7, 11) is 2.11. The number of pyridine rings is 1. The van der Waals surface area contributed by atoms with Gasteiger partial charge >= 0.3 is 12.1 Å². The number of nitrogens with zero attached hydrogens (tertiary/aromatic N) is 3. The molecule has 16 heteroatoms. The first-order chi connectivity index (χ1) is 24.9. The van der Waals surface area contributed by atoms with Crippen LogP contribution in [0.15, 0.2) is 30.3 Å². The monoisotopic (exact) mass is 760 g/mol. The third kappa shape index (κ3) is 10.5. The molecule has 0 saturated carbocycles. The molecule has 0 bridgehead atoms. The van der Waals surface area contributed by atoms with E-state index in [-0.39, 0.29) is 41.8 Å². The molecule has 288 valence electrons. The molecule has 0 spiro atoms. The van der Waals surface area contributed by atoms with Crippen LogP contribution < -0.4 is 20.6 Å². The summed E-state index contributed by atoms with van der Waals surface area (Å²) in [6.07, 6.45) is 0.349. The first-order valence-corrected chi connectivity index (χ1v) is 18.7. The van der Waals surface area contributed by atoms with Gasteiger partial charge in [-0.3, -0.25) is 19.3 Å². The zero-order valence-corrected chi connectivity index (χ0v) is 31.2. The predicted molar refractivity (Wildman–Crippen MR) is 189 cm³/mol. The van der Waals surface area contributed by atoms with Gasteiger partial charge in [-0.1, -0.05) is 44.2 Å². The zero-order valence-electron chi connectivity index (χ0n) is 30.3. The molecule has 0 radical (unpaired) electrons. The molecule has 53 heavy (non-hydrogen) atoms. The molecular weight excluding hydrogens is 714 g/mol. The Hall–Kier alpha value is -4.15. The molecular formula is C37H47F3N6O6S. The minimum Gasteiger partial charge on any atom is -0.542 e. The van der Waals surface area contributed by atoms with Crippen molar-refractivity contribution in [1.29, 1.82) is 0 Å². The zero-order chi connectivity index (χ0) is 38.7. The highest BCUT2D eigenvalue weighted by Gasteiger charge is 2.33. The Morgan fingerprint density at radius 2 is 1.81 bits per heavy atom. The van der Waals surface area contributed by atoms with E-state index in [1.165, 1.54) is 21.8 Å². The van der Waals surface area contributed by atoms with Crippen molar-refractivity contribution in [2.45, 2.75) is 90.0 Å². The number of halogens is 3. The van der Waals surface area contributed by atoms with Gasteiger partial charge in [0.2, 0.25) is 0 Å². The number of likely N-dealkylation sites (N-methyl/N-ethyl adjacent to an activating group) is 1. The molecule has 1 aliphatic carbocycles. The van der Waals surface area contributed by atoms with Crippen molar-refractivity contribution in [3.8, 4) is 0 Å². The first-order valence-electron chi connectivity index (χ1n) is 17.9. The molecule has 6 rings (SSSR count). The third-order valence-corrected chi connectivity index (χ3v) is 11.4. The number of likely N-dealkylation sites (tertiary alicyclic amines) is 2. The van der Waals surface area contributed by atoms with Gasteiger partial charge in [-0.25, -0.2) is 9.97 Å². The number of hydrogen-bond acceptors (Lipinski definition) is 9. The van der Waals surface area contributed by atoms with Gasteiger partial charge in [0.25, 0.3) is 11.8 Å². The highest BCUT2D eigenvalue weighted by Crippen LogP contribution is 2.38. The van der Waals surface area contributed by atoms with Crippen LogP contribution in [0.5, 0.6) is 0 Å². The maximum absolute atomic E-state index is 13.8. The Kier molecular flexibility index (Phi) is 12.4. The van der Waals surface area contributed by atoms with Crippen molar-refractivity contribution in [3.05, 3.63) is 57.7 Å². The van der Waals surface area contributed by atoms with Crippen LogP contribution in [-0.4, -0.2) is 95.2 Å². The van der Waals surface area contributed by atoms with Gasteiger partial charge in [-0.15, -0.1) is 0 Å². The quantitative estimate of drug-likeness (QED) is 0.243. The van der Waals surface area contributed by atoms with Crippen molar-refractivity contribution >= 4 is 45.4 Å². The van der Waals surface area contributed by atoms with Gasteiger partial charge in [0, 0.05) is 23.8 Å². The summed E-state index contributed by atoms with van der Waals surface area (Å²) < 4.78 is 31.5. The summed E-state index contributed by atoms with van der Waals surface area (Å²) in [6.45, 7) is 10.2. The van der Waals surface area contributed by atoms with Crippen LogP contribution >= 0.6 is 11.3 Å². The smallest absolute Gasteiger partial charge is 0.430 e. The molecule has 3 aromatic rings. The fraction of sp³-hybridized carbons (Fsp3) is 0.568. The van der Waals surface area contributed by atoms with Gasteiger partial charge in [0.05, 0.1) is 19.5 Å². The molecule has 2 amide bonds. The highest BCUT2D eigenvalue weighted by molar-refractivity contribution is 7.19. The average molecular weight is 761 g/mol. The standard InChI is InChI=1S/C35H46N6O4S.C2HF3O2/c1-35(2,3)24-10-11-27-23(16-24)17-29-33(38-27)46-34(39-29)32(45)37-28(12-14-41-13-6-9-26(41)18-30(42)43)21-7-5-8-22(15-21)31(44)36-25-19-40(4)20-25;3-2(4,5)1(6)7/h5,7-8,15,17,24-26,28H,6,9-14,16,18-20H2,1-4H3,(H,36,44)(H,37,45)(H,42,43);(H,6,7)/t24-,26-,28+;/m0./s1. The number of benzene rings is 1. The number of thiazole rings is 1. The SMILES string of the molecule is C[NH+]1CC(NC(=O)c2cccc([C@@H](CCN3CCC[C@H]3CC(=O)O)NC(=O)c3nc4cc5c(nc4s3)CC[C@H](C(C)(C)C)C5)c2)C1.O=C([O-])C(F)(F)F. The molecule has 2 aromatic heterocycles. The van der Waals surface area contributed by atoms with E-state index >= 15 is 0 Å². The Morgan fingerprint density at radius 3 is 2.45 bits per heavy atom. The molecule has 3 atom stereocenters. The molecule has 4 N–H and O–H groups in total. The van der Waals surface area contributed by atoms with E-state index in [2.05, 4.69) is 49.4 Å². The number of hydrogen-bond donors (Lipinski definition) is 4. The molecule has 2 aliphatic heterocycles. The van der Waals surface area contributed by atoms with Crippen LogP contribution in [0, 0.1) is 11.3 Å². The summed E-state index contributed by atoms with van der Waals surface area (Å²) in [5, 5.41) is 24.9. The van der Waals surface area contributed by atoms with Crippen LogP contribution in [-0.2, 0) is 22.4 Å². The summed E-state index contributed by atoms with van der Waals surface area (Å²) in [6, 6.07) is 9.39. The number of amides is 2. The number of quaternary nitrogens is 1.